The second-order valence-electron chi connectivity index (χ2n) is 5.15. The topological polar surface area (TPSA) is 118 Å². The third kappa shape index (κ3) is 4.01. The van der Waals surface area contributed by atoms with E-state index < -0.39 is 0 Å². The highest BCUT2D eigenvalue weighted by molar-refractivity contribution is 5.93. The summed E-state index contributed by atoms with van der Waals surface area (Å²) in [5.74, 6) is 0.639. The molecule has 0 saturated carbocycles. The maximum absolute atomic E-state index is 5.64. The van der Waals surface area contributed by atoms with Crippen LogP contribution in [0.5, 0.6) is 5.75 Å². The van der Waals surface area contributed by atoms with E-state index in [0.29, 0.717) is 5.69 Å². The highest BCUT2D eigenvalue weighted by Crippen LogP contribution is 2.32. The number of likely N-dealkylation sites (N-methyl/N-ethyl adjacent to an activating group) is 1. The van der Waals surface area contributed by atoms with E-state index in [-0.39, 0.29) is 11.9 Å². The molecule has 0 unspecified atom stereocenters. The molecule has 1 aromatic rings. The summed E-state index contributed by atoms with van der Waals surface area (Å²) in [5, 5.41) is 0. The summed E-state index contributed by atoms with van der Waals surface area (Å²) >= 11 is 0. The third-order valence-corrected chi connectivity index (χ3v) is 3.49. The van der Waals surface area contributed by atoms with Crippen LogP contribution in [0.25, 0.3) is 0 Å². The Labute approximate surface area is 130 Å². The largest absolute Gasteiger partial charge is 0.495 e. The van der Waals surface area contributed by atoms with E-state index in [1.54, 1.807) is 7.11 Å². The number of ether oxygens (including phenoxy) is 1. The molecule has 1 fully saturated rings. The monoisotopic (exact) mass is 305 g/mol. The van der Waals surface area contributed by atoms with Crippen molar-refractivity contribution in [1.29, 1.82) is 0 Å². The number of benzene rings is 1. The molecule has 0 amide bonds. The molecule has 0 aliphatic carbocycles. The fraction of sp³-hybridized carbons (Fsp3) is 0.429. The van der Waals surface area contributed by atoms with E-state index in [9.17, 15) is 0 Å². The molecule has 1 aromatic carbocycles. The summed E-state index contributed by atoms with van der Waals surface area (Å²) in [6.45, 7) is 3.98. The average Bonchev–Trinajstić information content (AvgIpc) is 2.47. The predicted molar refractivity (Wildman–Crippen MR) is 89.8 cm³/mol. The van der Waals surface area contributed by atoms with E-state index in [2.05, 4.69) is 26.8 Å². The maximum Gasteiger partial charge on any atom is 0.223 e. The Morgan fingerprint density at radius 2 is 1.82 bits per heavy atom. The van der Waals surface area contributed by atoms with Crippen molar-refractivity contribution in [3.05, 3.63) is 18.2 Å². The van der Waals surface area contributed by atoms with Crippen LogP contribution in [0.2, 0.25) is 0 Å². The van der Waals surface area contributed by atoms with Crippen LogP contribution in [0, 0.1) is 0 Å². The fourth-order valence-electron chi connectivity index (χ4n) is 2.33. The van der Waals surface area contributed by atoms with E-state index in [4.69, 9.17) is 21.9 Å². The lowest BCUT2D eigenvalue weighted by Gasteiger charge is -2.34. The summed E-state index contributed by atoms with van der Waals surface area (Å²) in [7, 11) is 3.76. The number of nitrogens with zero attached hydrogens (tertiary/aromatic N) is 4. The van der Waals surface area contributed by atoms with E-state index in [1.807, 2.05) is 18.2 Å². The van der Waals surface area contributed by atoms with Crippen LogP contribution in [0.1, 0.15) is 0 Å². The lowest BCUT2D eigenvalue weighted by atomic mass is 10.2. The smallest absolute Gasteiger partial charge is 0.223 e. The SMILES string of the molecule is COc1cc(N=C(N)N=C(N)N)ccc1N1CCN(C)CC1. The van der Waals surface area contributed by atoms with Gasteiger partial charge in [-0.15, -0.1) is 0 Å². The Kier molecular flexibility index (Phi) is 5.05. The van der Waals surface area contributed by atoms with Gasteiger partial charge in [-0.05, 0) is 19.2 Å². The zero-order chi connectivity index (χ0) is 16.1. The minimum atomic E-state index is -0.123. The van der Waals surface area contributed by atoms with Crippen molar-refractivity contribution in [3.8, 4) is 5.75 Å². The van der Waals surface area contributed by atoms with Gasteiger partial charge in [0.2, 0.25) is 5.96 Å². The van der Waals surface area contributed by atoms with Crippen LogP contribution in [0.15, 0.2) is 28.2 Å². The molecular weight excluding hydrogens is 282 g/mol. The van der Waals surface area contributed by atoms with Crippen LogP contribution in [-0.4, -0.2) is 57.2 Å². The molecule has 1 saturated heterocycles. The third-order valence-electron chi connectivity index (χ3n) is 3.49. The molecular formula is C14H23N7O. The molecule has 0 radical (unpaired) electrons. The van der Waals surface area contributed by atoms with Crippen molar-refractivity contribution in [3.63, 3.8) is 0 Å². The first-order chi connectivity index (χ1) is 10.5. The second-order valence-corrected chi connectivity index (χ2v) is 5.15. The average molecular weight is 305 g/mol. The maximum atomic E-state index is 5.64. The van der Waals surface area contributed by atoms with Crippen LogP contribution < -0.4 is 26.8 Å². The zero-order valence-corrected chi connectivity index (χ0v) is 13.0. The van der Waals surface area contributed by atoms with Gasteiger partial charge in [0.15, 0.2) is 5.96 Å². The normalized spacial score (nSPS) is 16.5. The molecule has 1 heterocycles. The molecule has 0 bridgehead atoms. The minimum Gasteiger partial charge on any atom is -0.495 e. The van der Waals surface area contributed by atoms with Crippen LogP contribution in [0.4, 0.5) is 11.4 Å². The Morgan fingerprint density at radius 3 is 2.41 bits per heavy atom. The highest BCUT2D eigenvalue weighted by Gasteiger charge is 2.17. The number of methoxy groups -OCH3 is 1. The molecule has 22 heavy (non-hydrogen) atoms. The first-order valence-electron chi connectivity index (χ1n) is 7.05. The molecule has 120 valence electrons. The molecule has 1 aliphatic rings. The lowest BCUT2D eigenvalue weighted by Crippen LogP contribution is -2.44. The van der Waals surface area contributed by atoms with Gasteiger partial charge in [0.1, 0.15) is 5.75 Å². The van der Waals surface area contributed by atoms with Crippen molar-refractivity contribution < 1.29 is 4.74 Å². The van der Waals surface area contributed by atoms with Crippen LogP contribution in [0.3, 0.4) is 0 Å². The van der Waals surface area contributed by atoms with Gasteiger partial charge >= 0.3 is 0 Å². The van der Waals surface area contributed by atoms with E-state index >= 15 is 0 Å². The Hall–Kier alpha value is -2.48. The Balaban J connectivity index is 2.23. The first kappa shape index (κ1) is 15.9. The number of aliphatic imine (C=N–C) groups is 2. The fourth-order valence-corrected chi connectivity index (χ4v) is 2.33. The van der Waals surface area contributed by atoms with Crippen molar-refractivity contribution in [2.24, 2.45) is 27.2 Å². The van der Waals surface area contributed by atoms with Crippen molar-refractivity contribution in [2.45, 2.75) is 0 Å². The van der Waals surface area contributed by atoms with Gasteiger partial charge in [-0.25, -0.2) is 4.99 Å². The van der Waals surface area contributed by atoms with Gasteiger partial charge in [-0.2, -0.15) is 4.99 Å². The van der Waals surface area contributed by atoms with E-state index in [1.165, 1.54) is 0 Å². The molecule has 6 N–H and O–H groups in total. The van der Waals surface area contributed by atoms with Crippen molar-refractivity contribution in [1.82, 2.24) is 4.90 Å². The molecule has 2 rings (SSSR count). The number of hydrogen-bond donors (Lipinski definition) is 3. The summed E-state index contributed by atoms with van der Waals surface area (Å²) < 4.78 is 5.48. The minimum absolute atomic E-state index is 0.00870. The number of nitrogens with two attached hydrogens (primary N) is 3. The number of rotatable bonds is 3. The van der Waals surface area contributed by atoms with Gasteiger partial charge < -0.3 is 31.7 Å². The summed E-state index contributed by atoms with van der Waals surface area (Å²) in [6, 6.07) is 5.67. The van der Waals surface area contributed by atoms with Gasteiger partial charge in [0.25, 0.3) is 0 Å². The van der Waals surface area contributed by atoms with Crippen LogP contribution >= 0.6 is 0 Å². The Bertz CT molecular complexity index is 573. The number of guanidine groups is 2. The first-order valence-corrected chi connectivity index (χ1v) is 7.05. The summed E-state index contributed by atoms with van der Waals surface area (Å²) in [5.41, 5.74) is 17.9. The van der Waals surface area contributed by atoms with Crippen molar-refractivity contribution in [2.75, 3.05) is 45.2 Å². The molecule has 0 atom stereocenters. The zero-order valence-electron chi connectivity index (χ0n) is 13.0. The molecule has 8 nitrogen and oxygen atoms in total. The number of piperazine rings is 1. The summed E-state index contributed by atoms with van der Waals surface area (Å²) in [4.78, 5) is 12.4. The molecule has 0 spiro atoms. The molecule has 8 heteroatoms. The molecule has 0 aromatic heterocycles. The standard InChI is InChI=1S/C14H23N7O/c1-20-5-7-21(8-6-20)11-4-3-10(9-12(11)22-2)18-14(17)19-13(15)16/h3-4,9H,5-8H2,1-2H3,(H6,15,16,17,18,19). The summed E-state index contributed by atoms with van der Waals surface area (Å²) in [6.07, 6.45) is 0. The van der Waals surface area contributed by atoms with Gasteiger partial charge in [0.05, 0.1) is 18.5 Å². The molecule has 1 aliphatic heterocycles. The number of hydrogen-bond acceptors (Lipinski definition) is 4. The quantitative estimate of drug-likeness (QED) is 0.519. The Morgan fingerprint density at radius 1 is 1.14 bits per heavy atom. The van der Waals surface area contributed by atoms with E-state index in [0.717, 1.165) is 37.6 Å². The second kappa shape index (κ2) is 6.99. The lowest BCUT2D eigenvalue weighted by molar-refractivity contribution is 0.311. The van der Waals surface area contributed by atoms with Gasteiger partial charge in [-0.1, -0.05) is 0 Å². The van der Waals surface area contributed by atoms with Crippen molar-refractivity contribution >= 4 is 23.3 Å². The van der Waals surface area contributed by atoms with Crippen LogP contribution in [-0.2, 0) is 0 Å². The van der Waals surface area contributed by atoms with Gasteiger partial charge in [-0.3, -0.25) is 0 Å². The highest BCUT2D eigenvalue weighted by atomic mass is 16.5. The number of anilines is 1. The predicted octanol–water partition coefficient (Wildman–Crippen LogP) is -0.333. The van der Waals surface area contributed by atoms with Gasteiger partial charge in [0, 0.05) is 32.2 Å².